The van der Waals surface area contributed by atoms with Gasteiger partial charge in [0.25, 0.3) is 0 Å². The van der Waals surface area contributed by atoms with Crippen molar-refractivity contribution in [2.24, 2.45) is 0 Å². The van der Waals surface area contributed by atoms with E-state index in [-0.39, 0.29) is 25.8 Å². The van der Waals surface area contributed by atoms with Gasteiger partial charge in [-0.05, 0) is 45.9 Å². The normalized spacial score (nSPS) is 10.6. The minimum absolute atomic E-state index is 0. The third-order valence-electron chi connectivity index (χ3n) is 2.64. The number of benzene rings is 1. The van der Waals surface area contributed by atoms with Crippen LogP contribution in [0.1, 0.15) is 39.5 Å². The molecule has 1 amide bonds. The van der Waals surface area contributed by atoms with Gasteiger partial charge in [-0.2, -0.15) is 0 Å². The summed E-state index contributed by atoms with van der Waals surface area (Å²) in [5, 5.41) is 2.54. The average Bonchev–Trinajstić information content (AvgIpc) is 2.49. The van der Waals surface area contributed by atoms with Crippen LogP contribution in [0.2, 0.25) is 0 Å². The Bertz CT molecular complexity index is 666. The molecule has 0 aliphatic heterocycles. The largest absolute Gasteiger partial charge is 0.459 e. The third-order valence-corrected chi connectivity index (χ3v) is 2.64. The van der Waals surface area contributed by atoms with Gasteiger partial charge in [-0.15, -0.1) is 0 Å². The fourth-order valence-electron chi connectivity index (χ4n) is 1.62. The van der Waals surface area contributed by atoms with Crippen molar-refractivity contribution in [1.82, 2.24) is 0 Å². The molecule has 138 valence electrons. The molecule has 1 rings (SSSR count). The van der Waals surface area contributed by atoms with E-state index in [0.29, 0.717) is 5.69 Å². The molecule has 0 unspecified atom stereocenters. The van der Waals surface area contributed by atoms with Gasteiger partial charge in [0.1, 0.15) is 18.8 Å². The maximum Gasteiger partial charge on any atom is 0.412 e. The number of carbonyl (C=O) groups is 3. The van der Waals surface area contributed by atoms with E-state index >= 15 is 0 Å². The van der Waals surface area contributed by atoms with Crippen molar-refractivity contribution in [1.29, 1.82) is 0 Å². The molecule has 0 spiro atoms. The summed E-state index contributed by atoms with van der Waals surface area (Å²) >= 11 is 0. The summed E-state index contributed by atoms with van der Waals surface area (Å²) in [5.41, 5.74) is 0.298. The number of esters is 2. The van der Waals surface area contributed by atoms with Crippen LogP contribution in [0.25, 0.3) is 0 Å². The van der Waals surface area contributed by atoms with E-state index in [0.717, 1.165) is 0 Å². The SMILES string of the molecule is C=C(C)C(=O)OCCOC(=O)c1cccc(NC(=O)OC(C)(C)C)c1.[HH]. The van der Waals surface area contributed by atoms with E-state index in [1.807, 2.05) is 0 Å². The maximum atomic E-state index is 12.0. The monoisotopic (exact) mass is 351 g/mol. The molecule has 0 saturated heterocycles. The van der Waals surface area contributed by atoms with Gasteiger partial charge in [0.15, 0.2) is 0 Å². The van der Waals surface area contributed by atoms with Crippen molar-refractivity contribution in [2.75, 3.05) is 18.5 Å². The van der Waals surface area contributed by atoms with Gasteiger partial charge in [0.05, 0.1) is 5.56 Å². The highest BCUT2D eigenvalue weighted by atomic mass is 16.6. The molecule has 0 aliphatic carbocycles. The van der Waals surface area contributed by atoms with Crippen LogP contribution in [-0.2, 0) is 19.0 Å². The first-order valence-electron chi connectivity index (χ1n) is 7.68. The summed E-state index contributed by atoms with van der Waals surface area (Å²) in [6.07, 6.45) is -0.621. The summed E-state index contributed by atoms with van der Waals surface area (Å²) in [6, 6.07) is 6.23. The van der Waals surface area contributed by atoms with E-state index < -0.39 is 23.6 Å². The molecule has 0 atom stereocenters. The molecule has 0 aliphatic rings. The molecular formula is C18H25NO6. The predicted molar refractivity (Wildman–Crippen MR) is 94.5 cm³/mol. The highest BCUT2D eigenvalue weighted by Gasteiger charge is 2.17. The number of amides is 1. The van der Waals surface area contributed by atoms with Crippen LogP contribution >= 0.6 is 0 Å². The van der Waals surface area contributed by atoms with Gasteiger partial charge in [0.2, 0.25) is 0 Å². The summed E-state index contributed by atoms with van der Waals surface area (Å²) < 4.78 is 15.0. The standard InChI is InChI=1S/C18H23NO6.H2/c1-12(2)15(20)23-9-10-24-16(21)13-7-6-8-14(11-13)19-17(22)25-18(3,4)5;/h6-8,11H,1,9-10H2,2-5H3,(H,19,22);1H. The molecular weight excluding hydrogens is 326 g/mol. The van der Waals surface area contributed by atoms with Crippen LogP contribution in [0.3, 0.4) is 0 Å². The van der Waals surface area contributed by atoms with Crippen molar-refractivity contribution in [3.8, 4) is 0 Å². The lowest BCUT2D eigenvalue weighted by atomic mass is 10.2. The van der Waals surface area contributed by atoms with Gasteiger partial charge in [0, 0.05) is 12.7 Å². The second-order valence-corrected chi connectivity index (χ2v) is 6.26. The van der Waals surface area contributed by atoms with Crippen LogP contribution < -0.4 is 5.32 Å². The number of nitrogens with one attached hydrogen (secondary N) is 1. The number of ether oxygens (including phenoxy) is 3. The summed E-state index contributed by atoms with van der Waals surface area (Å²) in [6.45, 7) is 10.1. The van der Waals surface area contributed by atoms with Crippen molar-refractivity contribution in [3.63, 3.8) is 0 Å². The number of carbonyl (C=O) groups excluding carboxylic acids is 3. The first-order valence-corrected chi connectivity index (χ1v) is 7.68. The lowest BCUT2D eigenvalue weighted by molar-refractivity contribution is -0.140. The van der Waals surface area contributed by atoms with Crippen molar-refractivity contribution in [2.45, 2.75) is 33.3 Å². The molecule has 1 aromatic rings. The van der Waals surface area contributed by atoms with Crippen LogP contribution in [-0.4, -0.2) is 36.8 Å². The van der Waals surface area contributed by atoms with Gasteiger partial charge in [-0.25, -0.2) is 14.4 Å². The van der Waals surface area contributed by atoms with Gasteiger partial charge < -0.3 is 14.2 Å². The Morgan fingerprint density at radius 2 is 1.80 bits per heavy atom. The van der Waals surface area contributed by atoms with Crippen LogP contribution in [0.5, 0.6) is 0 Å². The van der Waals surface area contributed by atoms with Gasteiger partial charge in [-0.3, -0.25) is 5.32 Å². The van der Waals surface area contributed by atoms with Gasteiger partial charge in [-0.1, -0.05) is 12.6 Å². The molecule has 7 nitrogen and oxygen atoms in total. The Morgan fingerprint density at radius 1 is 1.16 bits per heavy atom. The first kappa shape index (κ1) is 20.2. The van der Waals surface area contributed by atoms with E-state index in [1.165, 1.54) is 13.0 Å². The van der Waals surface area contributed by atoms with E-state index in [9.17, 15) is 14.4 Å². The van der Waals surface area contributed by atoms with Crippen molar-refractivity contribution < 1.29 is 30.0 Å². The van der Waals surface area contributed by atoms with Gasteiger partial charge >= 0.3 is 18.0 Å². The Labute approximate surface area is 148 Å². The minimum Gasteiger partial charge on any atom is -0.459 e. The predicted octanol–water partition coefficient (Wildman–Crippen LogP) is 3.56. The number of rotatable bonds is 6. The lowest BCUT2D eigenvalue weighted by Crippen LogP contribution is -2.27. The number of hydrogen-bond acceptors (Lipinski definition) is 6. The molecule has 0 radical (unpaired) electrons. The summed E-state index contributed by atoms with van der Waals surface area (Å²) in [7, 11) is 0. The zero-order valence-electron chi connectivity index (χ0n) is 14.9. The third kappa shape index (κ3) is 8.01. The topological polar surface area (TPSA) is 90.9 Å². The maximum absolute atomic E-state index is 12.0. The minimum atomic E-state index is -0.623. The lowest BCUT2D eigenvalue weighted by Gasteiger charge is -2.19. The molecule has 0 bridgehead atoms. The van der Waals surface area contributed by atoms with Crippen molar-refractivity contribution >= 4 is 23.7 Å². The fourth-order valence-corrected chi connectivity index (χ4v) is 1.62. The first-order chi connectivity index (χ1) is 11.6. The molecule has 0 fully saturated rings. The smallest absolute Gasteiger partial charge is 0.412 e. The number of anilines is 1. The Balaban J connectivity index is 0.00000625. The molecule has 1 N–H and O–H groups in total. The Hall–Kier alpha value is -2.83. The molecule has 0 heterocycles. The van der Waals surface area contributed by atoms with Crippen molar-refractivity contribution in [3.05, 3.63) is 42.0 Å². The van der Waals surface area contributed by atoms with E-state index in [2.05, 4.69) is 11.9 Å². The summed E-state index contributed by atoms with van der Waals surface area (Å²) in [4.78, 5) is 34.9. The second kappa shape index (κ2) is 8.86. The second-order valence-electron chi connectivity index (χ2n) is 6.26. The van der Waals surface area contributed by atoms with E-state index in [1.54, 1.807) is 39.0 Å². The zero-order chi connectivity index (χ0) is 19.0. The Kier molecular flexibility index (Phi) is 7.17. The molecule has 0 saturated carbocycles. The van der Waals surface area contributed by atoms with Crippen LogP contribution in [0.15, 0.2) is 36.4 Å². The highest BCUT2D eigenvalue weighted by Crippen LogP contribution is 2.14. The Morgan fingerprint density at radius 3 is 2.40 bits per heavy atom. The molecule has 1 aromatic carbocycles. The van der Waals surface area contributed by atoms with Crippen LogP contribution in [0, 0.1) is 0 Å². The van der Waals surface area contributed by atoms with Crippen LogP contribution in [0.4, 0.5) is 10.5 Å². The highest BCUT2D eigenvalue weighted by molar-refractivity contribution is 5.92. The molecule has 25 heavy (non-hydrogen) atoms. The quantitative estimate of drug-likeness (QED) is 0.365. The molecule has 7 heteroatoms. The zero-order valence-corrected chi connectivity index (χ0v) is 14.9. The fraction of sp³-hybridized carbons (Fsp3) is 0.389. The van der Waals surface area contributed by atoms with E-state index in [4.69, 9.17) is 14.2 Å². The number of hydrogen-bond donors (Lipinski definition) is 1. The average molecular weight is 351 g/mol. The molecule has 0 aromatic heterocycles. The summed E-state index contributed by atoms with van der Waals surface area (Å²) in [5.74, 6) is -1.14.